The number of ether oxygens (including phenoxy) is 1. The van der Waals surface area contributed by atoms with Crippen molar-refractivity contribution in [3.05, 3.63) is 71.8 Å². The second kappa shape index (κ2) is 7.04. The molecule has 0 amide bonds. The average molecular weight is 284 g/mol. The Kier molecular flexibility index (Phi) is 5.12. The van der Waals surface area contributed by atoms with Crippen LogP contribution >= 0.6 is 0 Å². The summed E-state index contributed by atoms with van der Waals surface area (Å²) in [4.78, 5) is 12.2. The fourth-order valence-corrected chi connectivity index (χ4v) is 2.56. The van der Waals surface area contributed by atoms with Crippen LogP contribution in [0.2, 0.25) is 0 Å². The van der Waals surface area contributed by atoms with Crippen LogP contribution in [0.4, 0.5) is 0 Å². The highest BCUT2D eigenvalue weighted by Crippen LogP contribution is 2.35. The molecule has 0 radical (unpaired) electrons. The largest absolute Gasteiger partial charge is 0.469 e. The van der Waals surface area contributed by atoms with Crippen molar-refractivity contribution in [2.24, 2.45) is 5.92 Å². The molecule has 0 aromatic heterocycles. The fraction of sp³-hybridized carbons (Fsp3) is 0.278. The van der Waals surface area contributed by atoms with Crippen LogP contribution in [0.15, 0.2) is 60.7 Å². The lowest BCUT2D eigenvalue weighted by atomic mass is 9.81. The van der Waals surface area contributed by atoms with Crippen LogP contribution in [0.3, 0.4) is 0 Å². The molecule has 0 bridgehead atoms. The minimum absolute atomic E-state index is 0.145. The molecule has 2 aromatic carbocycles. The van der Waals surface area contributed by atoms with E-state index >= 15 is 0 Å². The summed E-state index contributed by atoms with van der Waals surface area (Å²) in [5.41, 5.74) is 1.72. The van der Waals surface area contributed by atoms with E-state index in [-0.39, 0.29) is 5.92 Å². The van der Waals surface area contributed by atoms with Crippen molar-refractivity contribution in [3.63, 3.8) is 0 Å². The van der Waals surface area contributed by atoms with Gasteiger partial charge in [0.2, 0.25) is 0 Å². The van der Waals surface area contributed by atoms with E-state index in [2.05, 4.69) is 0 Å². The third kappa shape index (κ3) is 3.50. The van der Waals surface area contributed by atoms with E-state index in [9.17, 15) is 9.90 Å². The lowest BCUT2D eigenvalue weighted by Gasteiger charge is -2.27. The summed E-state index contributed by atoms with van der Waals surface area (Å²) in [5, 5.41) is 10.6. The third-order valence-electron chi connectivity index (χ3n) is 3.82. The SMILES string of the molecule is COC(=O)[C@@H]([C@H](C)c1ccccc1)[C@@H](O)c1ccccc1. The molecule has 0 saturated heterocycles. The second-order valence-electron chi connectivity index (χ2n) is 5.10. The molecule has 1 N–H and O–H groups in total. The van der Waals surface area contributed by atoms with Crippen molar-refractivity contribution in [2.45, 2.75) is 18.9 Å². The van der Waals surface area contributed by atoms with Gasteiger partial charge in [0.15, 0.2) is 0 Å². The Hall–Kier alpha value is -2.13. The van der Waals surface area contributed by atoms with E-state index in [1.54, 1.807) is 0 Å². The zero-order chi connectivity index (χ0) is 15.2. The minimum atomic E-state index is -0.895. The number of aliphatic hydroxyl groups is 1. The quantitative estimate of drug-likeness (QED) is 0.857. The lowest BCUT2D eigenvalue weighted by molar-refractivity contribution is -0.150. The Bertz CT molecular complexity index is 520. The molecule has 0 aliphatic heterocycles. The number of hydrogen-bond acceptors (Lipinski definition) is 3. The highest BCUT2D eigenvalue weighted by Gasteiger charge is 2.34. The van der Waals surface area contributed by atoms with E-state index in [1.165, 1.54) is 7.11 Å². The van der Waals surface area contributed by atoms with Crippen molar-refractivity contribution in [2.75, 3.05) is 7.11 Å². The number of carbonyl (C=O) groups excluding carboxylic acids is 1. The van der Waals surface area contributed by atoms with E-state index < -0.39 is 18.0 Å². The molecule has 0 fully saturated rings. The van der Waals surface area contributed by atoms with Gasteiger partial charge in [0.05, 0.1) is 19.1 Å². The number of methoxy groups -OCH3 is 1. The van der Waals surface area contributed by atoms with Crippen LogP contribution in [0.25, 0.3) is 0 Å². The maximum Gasteiger partial charge on any atom is 0.312 e. The van der Waals surface area contributed by atoms with Crippen molar-refractivity contribution in [3.8, 4) is 0 Å². The molecule has 0 spiro atoms. The van der Waals surface area contributed by atoms with Crippen molar-refractivity contribution in [1.82, 2.24) is 0 Å². The zero-order valence-electron chi connectivity index (χ0n) is 12.3. The predicted molar refractivity (Wildman–Crippen MR) is 81.8 cm³/mol. The van der Waals surface area contributed by atoms with Crippen LogP contribution in [-0.4, -0.2) is 18.2 Å². The van der Waals surface area contributed by atoms with Crippen LogP contribution in [0.1, 0.15) is 30.1 Å². The van der Waals surface area contributed by atoms with E-state index in [0.717, 1.165) is 11.1 Å². The molecular weight excluding hydrogens is 264 g/mol. The highest BCUT2D eigenvalue weighted by atomic mass is 16.5. The van der Waals surface area contributed by atoms with E-state index in [0.29, 0.717) is 0 Å². The van der Waals surface area contributed by atoms with Gasteiger partial charge in [-0.3, -0.25) is 4.79 Å². The van der Waals surface area contributed by atoms with Gasteiger partial charge in [0.1, 0.15) is 0 Å². The molecule has 0 heterocycles. The monoisotopic (exact) mass is 284 g/mol. The number of hydrogen-bond donors (Lipinski definition) is 1. The Balaban J connectivity index is 2.33. The number of rotatable bonds is 5. The van der Waals surface area contributed by atoms with Gasteiger partial charge in [0, 0.05) is 0 Å². The van der Waals surface area contributed by atoms with Crippen LogP contribution in [0.5, 0.6) is 0 Å². The molecule has 2 rings (SSSR count). The summed E-state index contributed by atoms with van der Waals surface area (Å²) in [7, 11) is 1.35. The smallest absolute Gasteiger partial charge is 0.312 e. The summed E-state index contributed by atoms with van der Waals surface area (Å²) >= 11 is 0. The maximum absolute atomic E-state index is 12.2. The van der Waals surface area contributed by atoms with Crippen LogP contribution in [-0.2, 0) is 9.53 Å². The van der Waals surface area contributed by atoms with Crippen LogP contribution < -0.4 is 0 Å². The van der Waals surface area contributed by atoms with Gasteiger partial charge in [-0.2, -0.15) is 0 Å². The zero-order valence-corrected chi connectivity index (χ0v) is 12.3. The fourth-order valence-electron chi connectivity index (χ4n) is 2.56. The second-order valence-corrected chi connectivity index (χ2v) is 5.10. The topological polar surface area (TPSA) is 46.5 Å². The van der Waals surface area contributed by atoms with Gasteiger partial charge in [-0.15, -0.1) is 0 Å². The van der Waals surface area contributed by atoms with Crippen molar-refractivity contribution < 1.29 is 14.6 Å². The molecule has 0 aliphatic carbocycles. The standard InChI is InChI=1S/C18H20O3/c1-13(14-9-5-3-6-10-14)16(18(20)21-2)17(19)15-11-7-4-8-12-15/h3-13,16-17,19H,1-2H3/t13-,16+,17+/m1/s1. The van der Waals surface area contributed by atoms with Gasteiger partial charge in [-0.05, 0) is 17.0 Å². The first kappa shape index (κ1) is 15.3. The molecule has 0 saturated carbocycles. The summed E-state index contributed by atoms with van der Waals surface area (Å²) < 4.78 is 4.90. The Labute approximate surface area is 125 Å². The minimum Gasteiger partial charge on any atom is -0.469 e. The van der Waals surface area contributed by atoms with Gasteiger partial charge < -0.3 is 9.84 Å². The maximum atomic E-state index is 12.2. The molecule has 2 aromatic rings. The van der Waals surface area contributed by atoms with Gasteiger partial charge in [-0.25, -0.2) is 0 Å². The molecule has 21 heavy (non-hydrogen) atoms. The predicted octanol–water partition coefficient (Wildman–Crippen LogP) is 3.31. The average Bonchev–Trinajstić information content (AvgIpc) is 2.56. The van der Waals surface area contributed by atoms with Crippen molar-refractivity contribution in [1.29, 1.82) is 0 Å². The first-order valence-electron chi connectivity index (χ1n) is 7.01. The first-order valence-corrected chi connectivity index (χ1v) is 7.01. The molecular formula is C18H20O3. The number of carbonyl (C=O) groups is 1. The Morgan fingerprint density at radius 2 is 1.43 bits per heavy atom. The summed E-state index contributed by atoms with van der Waals surface area (Å²) in [6.07, 6.45) is -0.895. The number of benzene rings is 2. The molecule has 110 valence electrons. The number of aliphatic hydroxyl groups excluding tert-OH is 1. The molecule has 0 unspecified atom stereocenters. The molecule has 3 heteroatoms. The van der Waals surface area contributed by atoms with Crippen LogP contribution in [0, 0.1) is 5.92 Å². The molecule has 3 nitrogen and oxygen atoms in total. The molecule has 3 atom stereocenters. The number of esters is 1. The van der Waals surface area contributed by atoms with Gasteiger partial charge in [0.25, 0.3) is 0 Å². The lowest BCUT2D eigenvalue weighted by Crippen LogP contribution is -2.28. The summed E-state index contributed by atoms with van der Waals surface area (Å²) in [6.45, 7) is 1.93. The first-order chi connectivity index (χ1) is 10.1. The Morgan fingerprint density at radius 3 is 1.90 bits per heavy atom. The third-order valence-corrected chi connectivity index (χ3v) is 3.82. The highest BCUT2D eigenvalue weighted by molar-refractivity contribution is 5.74. The van der Waals surface area contributed by atoms with Crippen molar-refractivity contribution >= 4 is 5.97 Å². The van der Waals surface area contributed by atoms with Gasteiger partial charge >= 0.3 is 5.97 Å². The van der Waals surface area contributed by atoms with Gasteiger partial charge in [-0.1, -0.05) is 67.6 Å². The van der Waals surface area contributed by atoms with E-state index in [4.69, 9.17) is 4.74 Å². The summed E-state index contributed by atoms with van der Waals surface area (Å²) in [5.74, 6) is -1.18. The molecule has 0 aliphatic rings. The Morgan fingerprint density at radius 1 is 0.952 bits per heavy atom. The normalized spacial score (nSPS) is 15.0. The van der Waals surface area contributed by atoms with E-state index in [1.807, 2.05) is 67.6 Å². The summed E-state index contributed by atoms with van der Waals surface area (Å²) in [6, 6.07) is 18.9.